The van der Waals surface area contributed by atoms with Crippen molar-refractivity contribution in [2.24, 2.45) is 0 Å². The second-order valence-corrected chi connectivity index (χ2v) is 8.80. The summed E-state index contributed by atoms with van der Waals surface area (Å²) in [5, 5.41) is 4.90. The first-order valence-electron chi connectivity index (χ1n) is 11.2. The van der Waals surface area contributed by atoms with Gasteiger partial charge in [-0.1, -0.05) is 12.1 Å². The third-order valence-corrected chi connectivity index (χ3v) is 6.29. The number of thiazole rings is 1. The number of fused-ring (bicyclic) bond motifs is 1. The molecule has 0 unspecified atom stereocenters. The van der Waals surface area contributed by atoms with Crippen molar-refractivity contribution in [3.63, 3.8) is 0 Å². The molecule has 2 N–H and O–H groups in total. The number of amides is 1. The van der Waals surface area contributed by atoms with Gasteiger partial charge in [0.2, 0.25) is 0 Å². The van der Waals surface area contributed by atoms with Gasteiger partial charge >= 0.3 is 5.97 Å². The maximum Gasteiger partial charge on any atom is 0.338 e. The molecule has 0 aliphatic heterocycles. The van der Waals surface area contributed by atoms with Gasteiger partial charge < -0.3 is 19.2 Å². The van der Waals surface area contributed by atoms with E-state index < -0.39 is 18.5 Å². The van der Waals surface area contributed by atoms with Gasteiger partial charge in [0, 0.05) is 16.5 Å². The molecule has 0 atom stereocenters. The number of carbonyl (C=O) groups is 2. The zero-order valence-electron chi connectivity index (χ0n) is 20.0. The maximum atomic E-state index is 12.6. The van der Waals surface area contributed by atoms with Crippen LogP contribution >= 0.6 is 11.3 Å². The minimum atomic E-state index is -0.617. The van der Waals surface area contributed by atoms with Crippen LogP contribution in [0, 0.1) is 0 Å². The summed E-state index contributed by atoms with van der Waals surface area (Å²) in [6.07, 6.45) is 0. The molecule has 5 aromatic rings. The minimum Gasteiger partial charge on any atom is -0.497 e. The van der Waals surface area contributed by atoms with Crippen molar-refractivity contribution in [3.05, 3.63) is 77.7 Å². The molecule has 1 amide bonds. The van der Waals surface area contributed by atoms with Crippen LogP contribution in [0.2, 0.25) is 0 Å². The van der Waals surface area contributed by atoms with Crippen LogP contribution in [0.3, 0.4) is 0 Å². The average molecular weight is 515 g/mol. The van der Waals surface area contributed by atoms with Gasteiger partial charge in [-0.05, 0) is 54.6 Å². The van der Waals surface area contributed by atoms with Crippen LogP contribution in [0.15, 0.2) is 72.1 Å². The first kappa shape index (κ1) is 24.0. The number of aromatic nitrogens is 3. The van der Waals surface area contributed by atoms with Crippen LogP contribution in [-0.2, 0) is 9.53 Å². The Bertz CT molecular complexity index is 1580. The van der Waals surface area contributed by atoms with E-state index in [9.17, 15) is 9.59 Å². The lowest BCUT2D eigenvalue weighted by atomic mass is 10.2. The van der Waals surface area contributed by atoms with Gasteiger partial charge in [-0.2, -0.15) is 0 Å². The Morgan fingerprint density at radius 1 is 0.919 bits per heavy atom. The van der Waals surface area contributed by atoms with Gasteiger partial charge in [-0.3, -0.25) is 10.1 Å². The molecule has 0 fully saturated rings. The van der Waals surface area contributed by atoms with E-state index in [1.165, 1.54) is 11.3 Å². The molecule has 0 aliphatic carbocycles. The number of hydrogen-bond donors (Lipinski definition) is 2. The molecular formula is C27H22N4O5S. The van der Waals surface area contributed by atoms with E-state index in [-0.39, 0.29) is 0 Å². The summed E-state index contributed by atoms with van der Waals surface area (Å²) in [4.78, 5) is 37.1. The van der Waals surface area contributed by atoms with Crippen molar-refractivity contribution in [3.8, 4) is 34.1 Å². The lowest BCUT2D eigenvalue weighted by Gasteiger charge is -2.05. The highest BCUT2D eigenvalue weighted by Crippen LogP contribution is 2.27. The van der Waals surface area contributed by atoms with Crippen molar-refractivity contribution in [2.75, 3.05) is 26.1 Å². The van der Waals surface area contributed by atoms with Gasteiger partial charge in [0.05, 0.1) is 36.5 Å². The molecule has 5 rings (SSSR count). The zero-order chi connectivity index (χ0) is 25.8. The predicted octanol–water partition coefficient (Wildman–Crippen LogP) is 5.17. The predicted molar refractivity (Wildman–Crippen MR) is 141 cm³/mol. The molecule has 37 heavy (non-hydrogen) atoms. The smallest absolute Gasteiger partial charge is 0.338 e. The Kier molecular flexibility index (Phi) is 6.82. The number of imidazole rings is 1. The highest BCUT2D eigenvalue weighted by molar-refractivity contribution is 7.14. The van der Waals surface area contributed by atoms with Crippen molar-refractivity contribution in [2.45, 2.75) is 0 Å². The summed E-state index contributed by atoms with van der Waals surface area (Å²) < 4.78 is 15.6. The first-order valence-corrected chi connectivity index (χ1v) is 12.1. The maximum absolute atomic E-state index is 12.6. The topological polar surface area (TPSA) is 115 Å². The first-order chi connectivity index (χ1) is 18.0. The van der Waals surface area contributed by atoms with Crippen molar-refractivity contribution < 1.29 is 23.8 Å². The summed E-state index contributed by atoms with van der Waals surface area (Å²) in [5.41, 5.74) is 4.15. The molecule has 3 aromatic carbocycles. The van der Waals surface area contributed by atoms with Gasteiger partial charge in [0.1, 0.15) is 17.3 Å². The number of hydrogen-bond acceptors (Lipinski definition) is 8. The van der Waals surface area contributed by atoms with Gasteiger partial charge in [0.15, 0.2) is 11.7 Å². The molecule has 0 aliphatic rings. The van der Waals surface area contributed by atoms with Crippen molar-refractivity contribution in [1.82, 2.24) is 15.0 Å². The number of benzene rings is 3. The second kappa shape index (κ2) is 10.5. The molecule has 186 valence electrons. The summed E-state index contributed by atoms with van der Waals surface area (Å²) in [6, 6.07) is 20.0. The van der Waals surface area contributed by atoms with Crippen LogP contribution in [0.1, 0.15) is 10.4 Å². The van der Waals surface area contributed by atoms with E-state index in [2.05, 4.69) is 20.3 Å². The number of nitrogens with zero attached hydrogens (tertiary/aromatic N) is 2. The van der Waals surface area contributed by atoms with E-state index in [0.29, 0.717) is 39.0 Å². The number of ether oxygens (including phenoxy) is 3. The van der Waals surface area contributed by atoms with Crippen molar-refractivity contribution in [1.29, 1.82) is 0 Å². The fourth-order valence-electron chi connectivity index (χ4n) is 3.64. The van der Waals surface area contributed by atoms with E-state index in [4.69, 9.17) is 14.2 Å². The number of methoxy groups -OCH3 is 2. The molecule has 2 aromatic heterocycles. The van der Waals surface area contributed by atoms with Gasteiger partial charge in [-0.25, -0.2) is 14.8 Å². The Hall–Kier alpha value is -4.70. The van der Waals surface area contributed by atoms with Crippen LogP contribution in [-0.4, -0.2) is 47.7 Å². The summed E-state index contributed by atoms with van der Waals surface area (Å²) >= 11 is 1.28. The SMILES string of the molecule is COc1ccc(-c2nc3ccc(C(=O)OCC(=O)Nc4nc(-c5cccc(OC)c5)cs4)cc3[nH]2)cc1. The normalized spacial score (nSPS) is 10.8. The summed E-state index contributed by atoms with van der Waals surface area (Å²) in [7, 11) is 3.21. The number of rotatable bonds is 8. The fraction of sp³-hybridized carbons (Fsp3) is 0.111. The number of aromatic amines is 1. The lowest BCUT2D eigenvalue weighted by Crippen LogP contribution is -2.20. The molecule has 0 spiro atoms. The highest BCUT2D eigenvalue weighted by atomic mass is 32.1. The summed E-state index contributed by atoms with van der Waals surface area (Å²) in [5.74, 6) is 1.03. The molecular weight excluding hydrogens is 492 g/mol. The van der Waals surface area contributed by atoms with Gasteiger partial charge in [0.25, 0.3) is 5.91 Å². The Morgan fingerprint density at radius 2 is 1.73 bits per heavy atom. The highest BCUT2D eigenvalue weighted by Gasteiger charge is 2.14. The number of nitrogens with one attached hydrogen (secondary N) is 2. The second-order valence-electron chi connectivity index (χ2n) is 7.94. The average Bonchev–Trinajstić information content (AvgIpc) is 3.58. The Morgan fingerprint density at radius 3 is 2.51 bits per heavy atom. The number of carbonyl (C=O) groups excluding carboxylic acids is 2. The fourth-order valence-corrected chi connectivity index (χ4v) is 4.37. The molecule has 10 heteroatoms. The minimum absolute atomic E-state index is 0.305. The Balaban J connectivity index is 1.20. The molecule has 0 saturated carbocycles. The molecule has 0 radical (unpaired) electrons. The standard InChI is InChI=1S/C27H22N4O5S/c1-34-19-9-6-16(7-10-19)25-28-21-11-8-18(13-22(21)29-25)26(33)36-14-24(32)31-27-30-23(15-37-27)17-4-3-5-20(12-17)35-2/h3-13,15H,14H2,1-2H3,(H,28,29)(H,30,31,32). The third-order valence-electron chi connectivity index (χ3n) is 5.53. The molecule has 0 saturated heterocycles. The van der Waals surface area contributed by atoms with Crippen LogP contribution in [0.4, 0.5) is 5.13 Å². The molecule has 9 nitrogen and oxygen atoms in total. The van der Waals surface area contributed by atoms with Crippen molar-refractivity contribution >= 4 is 39.4 Å². The lowest BCUT2D eigenvalue weighted by molar-refractivity contribution is -0.119. The zero-order valence-corrected chi connectivity index (χ0v) is 20.8. The van der Waals surface area contributed by atoms with Gasteiger partial charge in [-0.15, -0.1) is 11.3 Å². The largest absolute Gasteiger partial charge is 0.497 e. The summed E-state index contributed by atoms with van der Waals surface area (Å²) in [6.45, 7) is -0.439. The number of anilines is 1. The van der Waals surface area contributed by atoms with Crippen LogP contribution < -0.4 is 14.8 Å². The molecule has 2 heterocycles. The van der Waals surface area contributed by atoms with E-state index >= 15 is 0 Å². The van der Waals surface area contributed by atoms with Crippen LogP contribution in [0.25, 0.3) is 33.7 Å². The van der Waals surface area contributed by atoms with E-state index in [1.54, 1.807) is 32.4 Å². The monoisotopic (exact) mass is 514 g/mol. The van der Waals surface area contributed by atoms with E-state index in [1.807, 2.05) is 53.9 Å². The Labute approximate surface area is 216 Å². The number of esters is 1. The third kappa shape index (κ3) is 5.44. The quantitative estimate of drug-likeness (QED) is 0.275. The number of H-pyrrole nitrogens is 1. The molecule has 0 bridgehead atoms. The van der Waals surface area contributed by atoms with Crippen LogP contribution in [0.5, 0.6) is 11.5 Å². The van der Waals surface area contributed by atoms with E-state index in [0.717, 1.165) is 16.9 Å².